The van der Waals surface area contributed by atoms with Crippen LogP contribution in [0.3, 0.4) is 0 Å². The number of carbonyl (C=O) groups is 4. The van der Waals surface area contributed by atoms with Crippen molar-refractivity contribution in [2.45, 2.75) is 77.0 Å². The summed E-state index contributed by atoms with van der Waals surface area (Å²) in [6.45, 7) is 7.59. The van der Waals surface area contributed by atoms with E-state index >= 15 is 0 Å². The molecule has 10 nitrogen and oxygen atoms in total. The van der Waals surface area contributed by atoms with Crippen LogP contribution in [-0.4, -0.2) is 70.6 Å². The van der Waals surface area contributed by atoms with Gasteiger partial charge in [-0.1, -0.05) is 38.5 Å². The first-order valence-electron chi connectivity index (χ1n) is 13.0. The quantitative estimate of drug-likeness (QED) is 0.556. The fourth-order valence-corrected chi connectivity index (χ4v) is 5.33. The Labute approximate surface area is 217 Å². The number of hydrogen-bond donors (Lipinski definition) is 3. The molecule has 10 heteroatoms. The summed E-state index contributed by atoms with van der Waals surface area (Å²) in [5.74, 6) is -1.72. The first-order chi connectivity index (χ1) is 17.6. The molecule has 0 bridgehead atoms. The minimum Gasteiger partial charge on any atom is -0.417 e. The Morgan fingerprint density at radius 1 is 1.11 bits per heavy atom. The molecule has 2 fully saturated rings. The van der Waals surface area contributed by atoms with Crippen molar-refractivity contribution in [3.63, 3.8) is 0 Å². The fourth-order valence-electron chi connectivity index (χ4n) is 5.33. The van der Waals surface area contributed by atoms with Crippen LogP contribution in [0.2, 0.25) is 0 Å². The van der Waals surface area contributed by atoms with Crippen molar-refractivity contribution in [2.24, 2.45) is 5.92 Å². The second kappa shape index (κ2) is 10.4. The number of benzene rings is 1. The van der Waals surface area contributed by atoms with E-state index in [-0.39, 0.29) is 24.2 Å². The summed E-state index contributed by atoms with van der Waals surface area (Å²) >= 11 is 0. The van der Waals surface area contributed by atoms with Crippen LogP contribution in [0, 0.1) is 5.92 Å². The molecule has 37 heavy (non-hydrogen) atoms. The van der Waals surface area contributed by atoms with Gasteiger partial charge in [0, 0.05) is 24.5 Å². The van der Waals surface area contributed by atoms with E-state index < -0.39 is 35.5 Å². The third-order valence-corrected chi connectivity index (χ3v) is 7.93. The van der Waals surface area contributed by atoms with Gasteiger partial charge in [0.2, 0.25) is 23.6 Å². The standard InChI is InChI=1S/C27H37N5O5/c1-6-16(2)22-25(35)31-13-9-12-27(31,4)26(36)28-17(3)23(33)29-20(24(34)30-22)14-18-15-32(37-5)21-11-8-7-10-19(18)21/h7-8,10-11,15-17,20,22H,6,9,12-14H2,1-5H3,(H,28,36)(H,29,33)(H,30,34)/t16?,17-,20-,22?,27+/m0/s1. The number of para-hydroxylation sites is 1. The van der Waals surface area contributed by atoms with Gasteiger partial charge in [0.1, 0.15) is 30.8 Å². The Hall–Kier alpha value is -3.56. The van der Waals surface area contributed by atoms with Crippen LogP contribution < -0.4 is 20.8 Å². The normalized spacial score (nSPS) is 28.0. The van der Waals surface area contributed by atoms with E-state index in [2.05, 4.69) is 16.0 Å². The molecule has 200 valence electrons. The SMILES string of the molecule is CCC(C)C1NC(=O)[C@H](Cc2cn(OC)c3ccccc23)NC(=O)[C@H](C)NC(=O)[C@@]2(C)CCCN2C1=O. The van der Waals surface area contributed by atoms with E-state index in [1.165, 1.54) is 0 Å². The fraction of sp³-hybridized carbons (Fsp3) is 0.556. The Morgan fingerprint density at radius 3 is 2.54 bits per heavy atom. The Kier molecular flexibility index (Phi) is 7.47. The molecule has 4 amide bonds. The summed E-state index contributed by atoms with van der Waals surface area (Å²) in [5.41, 5.74) is 0.560. The first-order valence-corrected chi connectivity index (χ1v) is 13.0. The van der Waals surface area contributed by atoms with Crippen molar-refractivity contribution in [3.8, 4) is 0 Å². The van der Waals surface area contributed by atoms with Crippen LogP contribution in [0.4, 0.5) is 0 Å². The molecular formula is C27H37N5O5. The van der Waals surface area contributed by atoms with Crippen molar-refractivity contribution in [1.82, 2.24) is 25.6 Å². The summed E-state index contributed by atoms with van der Waals surface area (Å²) in [7, 11) is 1.56. The molecule has 1 aromatic heterocycles. The highest BCUT2D eigenvalue weighted by Crippen LogP contribution is 2.31. The second-order valence-electron chi connectivity index (χ2n) is 10.4. The van der Waals surface area contributed by atoms with E-state index in [0.29, 0.717) is 25.8 Å². The number of hydrogen-bond acceptors (Lipinski definition) is 5. The summed E-state index contributed by atoms with van der Waals surface area (Å²) in [6.07, 6.45) is 3.79. The number of nitrogens with one attached hydrogen (secondary N) is 3. The molecule has 3 heterocycles. The maximum absolute atomic E-state index is 13.8. The van der Waals surface area contributed by atoms with Gasteiger partial charge in [0.05, 0.1) is 5.52 Å². The van der Waals surface area contributed by atoms with Gasteiger partial charge in [0.25, 0.3) is 0 Å². The highest BCUT2D eigenvalue weighted by Gasteiger charge is 2.49. The average Bonchev–Trinajstić information content (AvgIpc) is 3.46. The lowest BCUT2D eigenvalue weighted by molar-refractivity contribution is -0.149. The zero-order valence-electron chi connectivity index (χ0n) is 22.2. The van der Waals surface area contributed by atoms with E-state index in [1.54, 1.807) is 36.8 Å². The number of aromatic nitrogens is 1. The smallest absolute Gasteiger partial charge is 0.246 e. The van der Waals surface area contributed by atoms with Crippen LogP contribution in [0.5, 0.6) is 0 Å². The summed E-state index contributed by atoms with van der Waals surface area (Å²) in [5, 5.41) is 9.43. The van der Waals surface area contributed by atoms with Gasteiger partial charge in [-0.25, -0.2) is 0 Å². The van der Waals surface area contributed by atoms with Crippen molar-refractivity contribution in [2.75, 3.05) is 13.7 Å². The number of nitrogens with zero attached hydrogens (tertiary/aromatic N) is 2. The molecule has 5 atom stereocenters. The molecule has 2 saturated heterocycles. The third kappa shape index (κ3) is 4.89. The van der Waals surface area contributed by atoms with Crippen LogP contribution in [-0.2, 0) is 25.6 Å². The van der Waals surface area contributed by atoms with Gasteiger partial charge >= 0.3 is 0 Å². The van der Waals surface area contributed by atoms with Gasteiger partial charge in [-0.05, 0) is 44.2 Å². The molecule has 2 aromatic rings. The number of rotatable bonds is 5. The zero-order chi connectivity index (χ0) is 26.9. The maximum Gasteiger partial charge on any atom is 0.246 e. The molecular weight excluding hydrogens is 474 g/mol. The lowest BCUT2D eigenvalue weighted by Crippen LogP contribution is -2.65. The van der Waals surface area contributed by atoms with Gasteiger partial charge in [-0.15, -0.1) is 0 Å². The van der Waals surface area contributed by atoms with Crippen molar-refractivity contribution < 1.29 is 24.0 Å². The highest BCUT2D eigenvalue weighted by atomic mass is 16.6. The van der Waals surface area contributed by atoms with E-state index in [4.69, 9.17) is 4.84 Å². The molecule has 2 unspecified atom stereocenters. The van der Waals surface area contributed by atoms with E-state index in [9.17, 15) is 19.2 Å². The second-order valence-corrected chi connectivity index (χ2v) is 10.4. The zero-order valence-corrected chi connectivity index (χ0v) is 22.2. The summed E-state index contributed by atoms with van der Waals surface area (Å²) in [4.78, 5) is 61.0. The molecule has 2 aliphatic rings. The van der Waals surface area contributed by atoms with Crippen LogP contribution in [0.25, 0.3) is 10.9 Å². The average molecular weight is 512 g/mol. The number of fused-ring (bicyclic) bond motifs is 2. The van der Waals surface area contributed by atoms with Crippen LogP contribution >= 0.6 is 0 Å². The Balaban J connectivity index is 1.72. The molecule has 0 radical (unpaired) electrons. The van der Waals surface area contributed by atoms with Crippen molar-refractivity contribution in [3.05, 3.63) is 36.0 Å². The Morgan fingerprint density at radius 2 is 1.84 bits per heavy atom. The predicted molar refractivity (Wildman–Crippen MR) is 138 cm³/mol. The Bertz CT molecular complexity index is 1210. The predicted octanol–water partition coefficient (Wildman–Crippen LogP) is 1.16. The van der Waals surface area contributed by atoms with Crippen LogP contribution in [0.1, 0.15) is 52.5 Å². The molecule has 2 aliphatic heterocycles. The van der Waals surface area contributed by atoms with Crippen molar-refractivity contribution in [1.29, 1.82) is 0 Å². The lowest BCUT2D eigenvalue weighted by Gasteiger charge is -2.39. The summed E-state index contributed by atoms with van der Waals surface area (Å²) < 4.78 is 1.61. The molecule has 3 N–H and O–H groups in total. The monoisotopic (exact) mass is 511 g/mol. The van der Waals surface area contributed by atoms with E-state index in [1.807, 2.05) is 38.1 Å². The first kappa shape index (κ1) is 26.5. The maximum atomic E-state index is 13.8. The number of amides is 4. The van der Waals surface area contributed by atoms with Gasteiger partial charge in [-0.3, -0.25) is 19.2 Å². The minimum atomic E-state index is -1.08. The minimum absolute atomic E-state index is 0.169. The highest BCUT2D eigenvalue weighted by molar-refractivity contribution is 5.99. The molecule has 0 spiro atoms. The van der Waals surface area contributed by atoms with Gasteiger partial charge in [-0.2, -0.15) is 4.73 Å². The third-order valence-electron chi connectivity index (χ3n) is 7.93. The van der Waals surface area contributed by atoms with E-state index in [0.717, 1.165) is 16.5 Å². The van der Waals surface area contributed by atoms with Crippen LogP contribution in [0.15, 0.2) is 30.5 Å². The lowest BCUT2D eigenvalue weighted by atomic mass is 9.92. The summed E-state index contributed by atoms with van der Waals surface area (Å²) in [6, 6.07) is 4.95. The van der Waals surface area contributed by atoms with Gasteiger partial charge in [0.15, 0.2) is 0 Å². The molecule has 4 rings (SSSR count). The molecule has 1 aromatic carbocycles. The molecule has 0 aliphatic carbocycles. The number of carbonyl (C=O) groups excluding carboxylic acids is 4. The van der Waals surface area contributed by atoms with Crippen molar-refractivity contribution >= 4 is 34.5 Å². The largest absolute Gasteiger partial charge is 0.417 e. The topological polar surface area (TPSA) is 122 Å². The van der Waals surface area contributed by atoms with Gasteiger partial charge < -0.3 is 25.7 Å². The molecule has 0 saturated carbocycles.